The summed E-state index contributed by atoms with van der Waals surface area (Å²) in [5.41, 5.74) is 1.23. The number of nitrogens with one attached hydrogen (secondary N) is 1. The number of hydrogen-bond donors (Lipinski definition) is 1. The van der Waals surface area contributed by atoms with E-state index in [0.717, 1.165) is 0 Å². The van der Waals surface area contributed by atoms with Gasteiger partial charge in [0.1, 0.15) is 0 Å². The highest BCUT2D eigenvalue weighted by Gasteiger charge is 2.14. The van der Waals surface area contributed by atoms with E-state index in [1.165, 1.54) is 30.8 Å². The smallest absolute Gasteiger partial charge is 0.0483 e. The third kappa shape index (κ3) is 2.21. The molecule has 98 valence electrons. The molecule has 3 heteroatoms. The Hall–Kier alpha value is -1.19. The van der Waals surface area contributed by atoms with E-state index in [4.69, 9.17) is 0 Å². The van der Waals surface area contributed by atoms with Crippen LogP contribution in [0.5, 0.6) is 0 Å². The maximum Gasteiger partial charge on any atom is 0.0483 e. The quantitative estimate of drug-likeness (QED) is 0.630. The molecule has 0 aliphatic rings. The Kier molecular flexibility index (Phi) is 3.42. The minimum atomic E-state index is 0.580. The molecule has 0 saturated heterocycles. The van der Waals surface area contributed by atoms with E-state index in [-0.39, 0.29) is 0 Å². The van der Waals surface area contributed by atoms with Crippen LogP contribution in [0.15, 0.2) is 41.3 Å². The first-order chi connectivity index (χ1) is 9.20. The Morgan fingerprint density at radius 1 is 1.05 bits per heavy atom. The molecule has 1 aromatic heterocycles. The highest BCUT2D eigenvalue weighted by atomic mass is 32.2. The summed E-state index contributed by atoms with van der Waals surface area (Å²) in [6.07, 6.45) is 0. The number of fused-ring (bicyclic) bond motifs is 3. The van der Waals surface area contributed by atoms with Crippen LogP contribution in [0.4, 0.5) is 5.69 Å². The number of thioether (sulfide) groups is 1. The number of hydrogen-bond acceptors (Lipinski definition) is 3. The normalized spacial score (nSPS) is 11.6. The van der Waals surface area contributed by atoms with Crippen molar-refractivity contribution in [1.82, 2.24) is 0 Å². The van der Waals surface area contributed by atoms with Gasteiger partial charge in [-0.2, -0.15) is 0 Å². The van der Waals surface area contributed by atoms with Gasteiger partial charge in [-0.1, -0.05) is 32.0 Å². The molecule has 2 aromatic carbocycles. The van der Waals surface area contributed by atoms with Crippen molar-refractivity contribution >= 4 is 49.0 Å². The van der Waals surface area contributed by atoms with Crippen molar-refractivity contribution in [3.63, 3.8) is 0 Å². The number of thiophene rings is 1. The monoisotopic (exact) mass is 287 g/mol. The SMILES string of the molecule is CNc1ccc2sc3ccccc3c2c1SC(C)C. The molecule has 1 N–H and O–H groups in total. The summed E-state index contributed by atoms with van der Waals surface area (Å²) >= 11 is 3.82. The second kappa shape index (κ2) is 5.06. The molecule has 1 nitrogen and oxygen atoms in total. The molecule has 0 spiro atoms. The zero-order chi connectivity index (χ0) is 13.4. The fraction of sp³-hybridized carbons (Fsp3) is 0.250. The van der Waals surface area contributed by atoms with E-state index in [0.29, 0.717) is 5.25 Å². The molecule has 1 heterocycles. The number of benzene rings is 2. The van der Waals surface area contributed by atoms with Crippen molar-refractivity contribution in [3.8, 4) is 0 Å². The summed E-state index contributed by atoms with van der Waals surface area (Å²) < 4.78 is 2.75. The lowest BCUT2D eigenvalue weighted by molar-refractivity contribution is 1.11. The zero-order valence-corrected chi connectivity index (χ0v) is 13.0. The maximum atomic E-state index is 3.33. The predicted octanol–water partition coefficient (Wildman–Crippen LogP) is 5.60. The van der Waals surface area contributed by atoms with Crippen molar-refractivity contribution in [1.29, 1.82) is 0 Å². The van der Waals surface area contributed by atoms with Crippen LogP contribution in [-0.4, -0.2) is 12.3 Å². The average Bonchev–Trinajstić information content (AvgIpc) is 2.77. The molecule has 3 rings (SSSR count). The van der Waals surface area contributed by atoms with Gasteiger partial charge in [-0.3, -0.25) is 0 Å². The molecule has 0 atom stereocenters. The Balaban J connectivity index is 2.39. The standard InChI is InChI=1S/C16H17NS2/c1-10(2)18-16-12(17-3)8-9-14-15(16)11-6-4-5-7-13(11)19-14/h4-10,17H,1-3H3. The van der Waals surface area contributed by atoms with Gasteiger partial charge < -0.3 is 5.32 Å². The highest BCUT2D eigenvalue weighted by molar-refractivity contribution is 8.00. The van der Waals surface area contributed by atoms with Crippen LogP contribution in [0, 0.1) is 0 Å². The minimum absolute atomic E-state index is 0.580. The Morgan fingerprint density at radius 2 is 1.84 bits per heavy atom. The topological polar surface area (TPSA) is 12.0 Å². The molecular weight excluding hydrogens is 270 g/mol. The van der Waals surface area contributed by atoms with Gasteiger partial charge >= 0.3 is 0 Å². The van der Waals surface area contributed by atoms with E-state index < -0.39 is 0 Å². The van der Waals surface area contributed by atoms with Crippen molar-refractivity contribution in [2.75, 3.05) is 12.4 Å². The second-order valence-electron chi connectivity index (χ2n) is 4.83. The molecule has 0 aliphatic carbocycles. The summed E-state index contributed by atoms with van der Waals surface area (Å²) in [6, 6.07) is 13.1. The van der Waals surface area contributed by atoms with Crippen LogP contribution in [0.1, 0.15) is 13.8 Å². The molecule has 0 bridgehead atoms. The number of rotatable bonds is 3. The largest absolute Gasteiger partial charge is 0.387 e. The van der Waals surface area contributed by atoms with E-state index in [9.17, 15) is 0 Å². The third-order valence-electron chi connectivity index (χ3n) is 3.12. The lowest BCUT2D eigenvalue weighted by atomic mass is 10.1. The fourth-order valence-electron chi connectivity index (χ4n) is 2.34. The van der Waals surface area contributed by atoms with Crippen molar-refractivity contribution in [2.24, 2.45) is 0 Å². The zero-order valence-electron chi connectivity index (χ0n) is 11.4. The minimum Gasteiger partial charge on any atom is -0.387 e. The van der Waals surface area contributed by atoms with Crippen LogP contribution < -0.4 is 5.32 Å². The molecule has 19 heavy (non-hydrogen) atoms. The van der Waals surface area contributed by atoms with Crippen LogP contribution in [-0.2, 0) is 0 Å². The molecule has 3 aromatic rings. The first kappa shape index (κ1) is 12.8. The Bertz CT molecular complexity index is 728. The first-order valence-corrected chi connectivity index (χ1v) is 8.19. The van der Waals surface area contributed by atoms with Gasteiger partial charge in [0.15, 0.2) is 0 Å². The number of anilines is 1. The maximum absolute atomic E-state index is 3.33. The molecule has 0 unspecified atom stereocenters. The predicted molar refractivity (Wildman–Crippen MR) is 89.9 cm³/mol. The van der Waals surface area contributed by atoms with Gasteiger partial charge in [0.2, 0.25) is 0 Å². The van der Waals surface area contributed by atoms with Crippen LogP contribution >= 0.6 is 23.1 Å². The highest BCUT2D eigenvalue weighted by Crippen LogP contribution is 2.44. The van der Waals surface area contributed by atoms with E-state index in [1.54, 1.807) is 0 Å². The van der Waals surface area contributed by atoms with Gasteiger partial charge in [0, 0.05) is 43.1 Å². The van der Waals surface area contributed by atoms with Crippen LogP contribution in [0.25, 0.3) is 20.2 Å². The average molecular weight is 287 g/mol. The van der Waals surface area contributed by atoms with Crippen LogP contribution in [0.2, 0.25) is 0 Å². The van der Waals surface area contributed by atoms with Gasteiger partial charge in [0.05, 0.1) is 0 Å². The van der Waals surface area contributed by atoms with Gasteiger partial charge in [-0.25, -0.2) is 0 Å². The molecule has 0 amide bonds. The molecular formula is C16H17NS2. The second-order valence-corrected chi connectivity index (χ2v) is 7.50. The van der Waals surface area contributed by atoms with E-state index >= 15 is 0 Å². The molecule has 0 saturated carbocycles. The summed E-state index contributed by atoms with van der Waals surface area (Å²) in [6.45, 7) is 4.50. The molecule has 0 aliphatic heterocycles. The van der Waals surface area contributed by atoms with Crippen molar-refractivity contribution in [3.05, 3.63) is 36.4 Å². The fourth-order valence-corrected chi connectivity index (χ4v) is 4.62. The molecule has 0 fully saturated rings. The summed E-state index contributed by atoms with van der Waals surface area (Å²) in [4.78, 5) is 1.38. The van der Waals surface area contributed by atoms with Crippen molar-refractivity contribution in [2.45, 2.75) is 24.0 Å². The molecule has 0 radical (unpaired) electrons. The Morgan fingerprint density at radius 3 is 2.58 bits per heavy atom. The van der Waals surface area contributed by atoms with E-state index in [1.807, 2.05) is 30.1 Å². The van der Waals surface area contributed by atoms with Crippen molar-refractivity contribution < 1.29 is 0 Å². The Labute approximate surface area is 122 Å². The van der Waals surface area contributed by atoms with Gasteiger partial charge in [-0.05, 0) is 18.2 Å². The van der Waals surface area contributed by atoms with Gasteiger partial charge in [-0.15, -0.1) is 23.1 Å². The lowest BCUT2D eigenvalue weighted by Gasteiger charge is -2.12. The summed E-state index contributed by atoms with van der Waals surface area (Å²) in [5.74, 6) is 0. The van der Waals surface area contributed by atoms with E-state index in [2.05, 4.69) is 55.6 Å². The van der Waals surface area contributed by atoms with Gasteiger partial charge in [0.25, 0.3) is 0 Å². The third-order valence-corrected chi connectivity index (χ3v) is 5.39. The lowest BCUT2D eigenvalue weighted by Crippen LogP contribution is -1.94. The van der Waals surface area contributed by atoms with Crippen LogP contribution in [0.3, 0.4) is 0 Å². The first-order valence-electron chi connectivity index (χ1n) is 6.49. The summed E-state index contributed by atoms with van der Waals surface area (Å²) in [7, 11) is 2.00. The summed E-state index contributed by atoms with van der Waals surface area (Å²) in [5, 5.41) is 6.70.